The summed E-state index contributed by atoms with van der Waals surface area (Å²) in [5.74, 6) is -0.981. The van der Waals surface area contributed by atoms with Crippen molar-refractivity contribution < 1.29 is 9.90 Å². The highest BCUT2D eigenvalue weighted by molar-refractivity contribution is 6.30. The number of pyridine rings is 1. The molecule has 1 atom stereocenters. The van der Waals surface area contributed by atoms with Gasteiger partial charge in [0.1, 0.15) is 5.56 Å². The van der Waals surface area contributed by atoms with Crippen molar-refractivity contribution in [2.75, 3.05) is 5.32 Å². The first-order valence-corrected chi connectivity index (χ1v) is 7.00. The molecule has 0 bridgehead atoms. The van der Waals surface area contributed by atoms with Gasteiger partial charge in [-0.1, -0.05) is 23.7 Å². The van der Waals surface area contributed by atoms with Crippen LogP contribution in [0.15, 0.2) is 30.3 Å². The lowest BCUT2D eigenvalue weighted by Gasteiger charge is -2.18. The van der Waals surface area contributed by atoms with E-state index >= 15 is 0 Å². The first-order chi connectivity index (χ1) is 9.88. The zero-order valence-corrected chi connectivity index (χ0v) is 12.9. The van der Waals surface area contributed by atoms with Crippen LogP contribution in [0.3, 0.4) is 0 Å². The normalized spacial score (nSPS) is 12.0. The summed E-state index contributed by atoms with van der Waals surface area (Å²) in [6.45, 7) is 5.52. The number of nitrogens with one attached hydrogen (secondary N) is 1. The van der Waals surface area contributed by atoms with Crippen LogP contribution in [0.1, 0.15) is 40.3 Å². The Morgan fingerprint density at radius 2 is 1.90 bits per heavy atom. The third kappa shape index (κ3) is 3.52. The number of nitrogens with zero attached hydrogens (tertiary/aromatic N) is 1. The number of hydrogen-bond acceptors (Lipinski definition) is 3. The molecule has 0 saturated carbocycles. The number of aromatic nitrogens is 1. The number of halogens is 1. The fraction of sp³-hybridized carbons (Fsp3) is 0.250. The van der Waals surface area contributed by atoms with E-state index in [0.29, 0.717) is 16.4 Å². The second-order valence-corrected chi connectivity index (χ2v) is 5.43. The molecular weight excluding hydrogens is 288 g/mol. The smallest absolute Gasteiger partial charge is 0.339 e. The molecule has 0 radical (unpaired) electrons. The molecule has 4 nitrogen and oxygen atoms in total. The predicted octanol–water partition coefficient (Wildman–Crippen LogP) is 4.22. The SMILES string of the molecule is Cc1cc(NC(C)c2ccc(Cl)cc2)c(C(=O)O)c(C)n1. The largest absolute Gasteiger partial charge is 0.478 e. The van der Waals surface area contributed by atoms with Gasteiger partial charge in [-0.25, -0.2) is 4.79 Å². The van der Waals surface area contributed by atoms with Crippen molar-refractivity contribution in [2.45, 2.75) is 26.8 Å². The Morgan fingerprint density at radius 3 is 2.48 bits per heavy atom. The van der Waals surface area contributed by atoms with Crippen LogP contribution in [0.4, 0.5) is 5.69 Å². The van der Waals surface area contributed by atoms with E-state index in [1.165, 1.54) is 0 Å². The van der Waals surface area contributed by atoms with Gasteiger partial charge in [-0.15, -0.1) is 0 Å². The second-order valence-electron chi connectivity index (χ2n) is 4.99. The number of carboxylic acids is 1. The average molecular weight is 305 g/mol. The van der Waals surface area contributed by atoms with Gasteiger partial charge in [0.15, 0.2) is 0 Å². The highest BCUT2D eigenvalue weighted by Gasteiger charge is 2.17. The maximum atomic E-state index is 11.4. The van der Waals surface area contributed by atoms with E-state index in [0.717, 1.165) is 11.3 Å². The summed E-state index contributed by atoms with van der Waals surface area (Å²) in [5, 5.41) is 13.3. The number of carboxylic acid groups (broad SMARTS) is 1. The van der Waals surface area contributed by atoms with E-state index in [2.05, 4.69) is 10.3 Å². The molecule has 0 saturated heterocycles. The Kier molecular flexibility index (Phi) is 4.48. The first kappa shape index (κ1) is 15.3. The summed E-state index contributed by atoms with van der Waals surface area (Å²) >= 11 is 5.88. The molecule has 0 aliphatic rings. The van der Waals surface area contributed by atoms with Crippen molar-refractivity contribution in [1.29, 1.82) is 0 Å². The number of rotatable bonds is 4. The predicted molar refractivity (Wildman–Crippen MR) is 84.2 cm³/mol. The number of benzene rings is 1. The molecule has 2 rings (SSSR count). The molecule has 0 spiro atoms. The minimum atomic E-state index is -0.981. The average Bonchev–Trinajstić information content (AvgIpc) is 2.37. The van der Waals surface area contributed by atoms with Gasteiger partial charge in [0, 0.05) is 16.8 Å². The third-order valence-corrected chi connectivity index (χ3v) is 3.54. The zero-order valence-electron chi connectivity index (χ0n) is 12.1. The van der Waals surface area contributed by atoms with Crippen molar-refractivity contribution in [3.05, 3.63) is 57.9 Å². The molecule has 110 valence electrons. The fourth-order valence-electron chi connectivity index (χ4n) is 2.28. The lowest BCUT2D eigenvalue weighted by molar-refractivity contribution is 0.0696. The summed E-state index contributed by atoms with van der Waals surface area (Å²) in [6.07, 6.45) is 0. The van der Waals surface area contributed by atoms with Crippen molar-refractivity contribution >= 4 is 23.3 Å². The summed E-state index contributed by atoms with van der Waals surface area (Å²) in [6, 6.07) is 9.18. The van der Waals surface area contributed by atoms with E-state index in [9.17, 15) is 9.90 Å². The second kappa shape index (κ2) is 6.14. The van der Waals surface area contributed by atoms with Crippen LogP contribution in [0.2, 0.25) is 5.02 Å². The highest BCUT2D eigenvalue weighted by atomic mass is 35.5. The molecule has 1 aromatic carbocycles. The number of aryl methyl sites for hydroxylation is 2. The molecule has 1 heterocycles. The topological polar surface area (TPSA) is 62.2 Å². The Balaban J connectivity index is 2.34. The van der Waals surface area contributed by atoms with Gasteiger partial charge in [-0.05, 0) is 44.5 Å². The number of hydrogen-bond donors (Lipinski definition) is 2. The van der Waals surface area contributed by atoms with Crippen LogP contribution in [-0.2, 0) is 0 Å². The van der Waals surface area contributed by atoms with Gasteiger partial charge >= 0.3 is 5.97 Å². The fourth-order valence-corrected chi connectivity index (χ4v) is 2.41. The van der Waals surface area contributed by atoms with E-state index in [1.54, 1.807) is 13.0 Å². The van der Waals surface area contributed by atoms with Crippen molar-refractivity contribution in [1.82, 2.24) is 4.98 Å². The summed E-state index contributed by atoms with van der Waals surface area (Å²) in [4.78, 5) is 15.6. The Morgan fingerprint density at radius 1 is 1.29 bits per heavy atom. The molecule has 5 heteroatoms. The van der Waals surface area contributed by atoms with Gasteiger partial charge in [-0.3, -0.25) is 4.98 Å². The van der Waals surface area contributed by atoms with E-state index in [-0.39, 0.29) is 11.6 Å². The van der Waals surface area contributed by atoms with Gasteiger partial charge in [-0.2, -0.15) is 0 Å². The van der Waals surface area contributed by atoms with Crippen LogP contribution >= 0.6 is 11.6 Å². The molecule has 0 amide bonds. The lowest BCUT2D eigenvalue weighted by Crippen LogP contribution is -2.13. The number of anilines is 1. The van der Waals surface area contributed by atoms with Crippen LogP contribution in [0.5, 0.6) is 0 Å². The van der Waals surface area contributed by atoms with Crippen LogP contribution in [-0.4, -0.2) is 16.1 Å². The first-order valence-electron chi connectivity index (χ1n) is 6.62. The van der Waals surface area contributed by atoms with Gasteiger partial charge in [0.25, 0.3) is 0 Å². The maximum Gasteiger partial charge on any atom is 0.339 e. The Labute approximate surface area is 128 Å². The minimum absolute atomic E-state index is 0.0402. The van der Waals surface area contributed by atoms with E-state index in [4.69, 9.17) is 11.6 Å². The molecule has 2 N–H and O–H groups in total. The maximum absolute atomic E-state index is 11.4. The monoisotopic (exact) mass is 304 g/mol. The Hall–Kier alpha value is -2.07. The molecular formula is C16H17ClN2O2. The lowest BCUT2D eigenvalue weighted by atomic mass is 10.1. The molecule has 0 aliphatic carbocycles. The van der Waals surface area contributed by atoms with Gasteiger partial charge in [0.05, 0.1) is 11.4 Å². The molecule has 2 aromatic rings. The van der Waals surface area contributed by atoms with Crippen molar-refractivity contribution in [3.8, 4) is 0 Å². The Bertz CT molecular complexity index is 669. The van der Waals surface area contributed by atoms with Crippen molar-refractivity contribution in [3.63, 3.8) is 0 Å². The summed E-state index contributed by atoms with van der Waals surface area (Å²) in [7, 11) is 0. The van der Waals surface area contributed by atoms with Crippen molar-refractivity contribution in [2.24, 2.45) is 0 Å². The zero-order chi connectivity index (χ0) is 15.6. The summed E-state index contributed by atoms with van der Waals surface area (Å²) < 4.78 is 0. The van der Waals surface area contributed by atoms with E-state index < -0.39 is 5.97 Å². The molecule has 1 unspecified atom stereocenters. The van der Waals surface area contributed by atoms with Gasteiger partial charge < -0.3 is 10.4 Å². The standard InChI is InChI=1S/C16H17ClN2O2/c1-9-8-14(15(16(20)21)11(3)18-9)19-10(2)12-4-6-13(17)7-5-12/h4-8,10H,1-3H3,(H,18,19)(H,20,21). The minimum Gasteiger partial charge on any atom is -0.478 e. The molecule has 1 aromatic heterocycles. The summed E-state index contributed by atoms with van der Waals surface area (Å²) in [5.41, 5.74) is 3.11. The van der Waals surface area contributed by atoms with Crippen LogP contribution in [0, 0.1) is 13.8 Å². The number of carbonyl (C=O) groups is 1. The molecule has 0 fully saturated rings. The molecule has 21 heavy (non-hydrogen) atoms. The van der Waals surface area contributed by atoms with Crippen LogP contribution in [0.25, 0.3) is 0 Å². The van der Waals surface area contributed by atoms with E-state index in [1.807, 2.05) is 38.1 Å². The van der Waals surface area contributed by atoms with Crippen LogP contribution < -0.4 is 5.32 Å². The highest BCUT2D eigenvalue weighted by Crippen LogP contribution is 2.25. The van der Waals surface area contributed by atoms with Gasteiger partial charge in [0.2, 0.25) is 0 Å². The third-order valence-electron chi connectivity index (χ3n) is 3.28. The molecule has 0 aliphatic heterocycles. The quantitative estimate of drug-likeness (QED) is 0.887. The number of aromatic carboxylic acids is 1.